The van der Waals surface area contributed by atoms with Gasteiger partial charge in [-0.1, -0.05) is 31.9 Å². The van der Waals surface area contributed by atoms with Gasteiger partial charge in [-0.2, -0.15) is 0 Å². The van der Waals surface area contributed by atoms with Crippen molar-refractivity contribution < 1.29 is 9.53 Å². The van der Waals surface area contributed by atoms with Gasteiger partial charge in [-0.3, -0.25) is 9.78 Å². The second-order valence-corrected chi connectivity index (χ2v) is 6.18. The average Bonchev–Trinajstić information content (AvgIpc) is 2.60. The Bertz CT molecular complexity index is 711. The largest absolute Gasteiger partial charge is 0.493 e. The fourth-order valence-corrected chi connectivity index (χ4v) is 2.25. The number of hydrogen-bond donors (Lipinski definition) is 0. The van der Waals surface area contributed by atoms with Crippen molar-refractivity contribution in [1.29, 1.82) is 0 Å². The van der Waals surface area contributed by atoms with Crippen molar-refractivity contribution in [1.82, 2.24) is 4.98 Å². The second-order valence-electron chi connectivity index (χ2n) is 6.18. The highest BCUT2D eigenvalue weighted by molar-refractivity contribution is 5.94. The normalized spacial score (nSPS) is 10.4. The van der Waals surface area contributed by atoms with Crippen LogP contribution in [-0.2, 0) is 6.42 Å². The molecular formula is C21H23NO2. The fraction of sp³-hybridized carbons (Fsp3) is 0.333. The maximum absolute atomic E-state index is 12.0. The number of benzene rings is 1. The van der Waals surface area contributed by atoms with Crippen LogP contribution in [0.15, 0.2) is 42.6 Å². The van der Waals surface area contributed by atoms with Gasteiger partial charge in [0.05, 0.1) is 6.61 Å². The van der Waals surface area contributed by atoms with Gasteiger partial charge in [0.15, 0.2) is 5.78 Å². The van der Waals surface area contributed by atoms with Gasteiger partial charge in [0, 0.05) is 24.6 Å². The van der Waals surface area contributed by atoms with Crippen LogP contribution in [0.5, 0.6) is 5.75 Å². The van der Waals surface area contributed by atoms with Crippen LogP contribution in [0.2, 0.25) is 0 Å². The average molecular weight is 321 g/mol. The molecule has 1 aromatic carbocycles. The van der Waals surface area contributed by atoms with Crippen molar-refractivity contribution >= 4 is 5.78 Å². The number of ketones is 1. The van der Waals surface area contributed by atoms with Gasteiger partial charge in [-0.25, -0.2) is 0 Å². The maximum atomic E-state index is 12.0. The van der Waals surface area contributed by atoms with E-state index in [4.69, 9.17) is 11.2 Å². The molecule has 0 spiro atoms. The Kier molecular flexibility index (Phi) is 6.57. The number of nitrogens with zero attached hydrogens (tertiary/aromatic N) is 1. The van der Waals surface area contributed by atoms with Gasteiger partial charge in [0.2, 0.25) is 0 Å². The van der Waals surface area contributed by atoms with Crippen LogP contribution in [0.25, 0.3) is 0 Å². The van der Waals surface area contributed by atoms with Gasteiger partial charge < -0.3 is 4.74 Å². The third kappa shape index (κ3) is 5.55. The molecular weight excluding hydrogens is 298 g/mol. The first-order valence-electron chi connectivity index (χ1n) is 8.26. The number of hydrogen-bond acceptors (Lipinski definition) is 3. The molecule has 0 aliphatic carbocycles. The molecule has 0 fully saturated rings. The number of pyridine rings is 1. The number of aromatic nitrogens is 1. The van der Waals surface area contributed by atoms with E-state index in [0.717, 1.165) is 29.7 Å². The summed E-state index contributed by atoms with van der Waals surface area (Å²) in [6.45, 7) is 4.77. The predicted molar refractivity (Wildman–Crippen MR) is 96.2 cm³/mol. The molecule has 0 saturated heterocycles. The number of Topliss-reactive ketones (excluding diaryl/α,β-unsaturated/α-hetero) is 1. The molecule has 1 aromatic heterocycles. The first-order valence-corrected chi connectivity index (χ1v) is 8.26. The van der Waals surface area contributed by atoms with E-state index >= 15 is 0 Å². The minimum atomic E-state index is 0.109. The molecule has 0 aliphatic heterocycles. The van der Waals surface area contributed by atoms with Crippen molar-refractivity contribution in [3.8, 4) is 18.1 Å². The summed E-state index contributed by atoms with van der Waals surface area (Å²) in [5.74, 6) is 3.99. The summed E-state index contributed by atoms with van der Waals surface area (Å²) in [5.41, 5.74) is 2.39. The lowest BCUT2D eigenvalue weighted by Crippen LogP contribution is -2.06. The second kappa shape index (κ2) is 8.88. The number of carbonyl (C=O) groups is 1. The molecule has 1 heterocycles. The van der Waals surface area contributed by atoms with Crippen LogP contribution in [0.3, 0.4) is 0 Å². The van der Waals surface area contributed by atoms with E-state index in [0.29, 0.717) is 24.6 Å². The lowest BCUT2D eigenvalue weighted by Gasteiger charge is -2.07. The molecule has 3 heteroatoms. The molecule has 2 aromatic rings. The molecule has 0 aliphatic rings. The first kappa shape index (κ1) is 17.7. The Balaban J connectivity index is 1.83. The quantitative estimate of drug-likeness (QED) is 0.537. The Hall–Kier alpha value is -2.60. The smallest absolute Gasteiger partial charge is 0.181 e. The highest BCUT2D eigenvalue weighted by Gasteiger charge is 2.08. The van der Waals surface area contributed by atoms with Crippen LogP contribution in [0.4, 0.5) is 0 Å². The molecule has 24 heavy (non-hydrogen) atoms. The Labute approximate surface area is 144 Å². The molecule has 0 bridgehead atoms. The molecule has 0 saturated carbocycles. The van der Waals surface area contributed by atoms with Crippen LogP contribution in [0, 0.1) is 18.3 Å². The minimum Gasteiger partial charge on any atom is -0.493 e. The molecule has 3 nitrogen and oxygen atoms in total. The summed E-state index contributed by atoms with van der Waals surface area (Å²) in [7, 11) is 0. The van der Waals surface area contributed by atoms with E-state index < -0.39 is 0 Å². The third-order valence-electron chi connectivity index (χ3n) is 3.72. The molecule has 0 atom stereocenters. The van der Waals surface area contributed by atoms with Gasteiger partial charge in [-0.15, -0.1) is 6.42 Å². The zero-order valence-corrected chi connectivity index (χ0v) is 14.3. The van der Waals surface area contributed by atoms with Gasteiger partial charge in [0.1, 0.15) is 11.4 Å². The fourth-order valence-electron chi connectivity index (χ4n) is 2.25. The van der Waals surface area contributed by atoms with Crippen LogP contribution in [-0.4, -0.2) is 17.4 Å². The summed E-state index contributed by atoms with van der Waals surface area (Å²) >= 11 is 0. The molecule has 0 amide bonds. The summed E-state index contributed by atoms with van der Waals surface area (Å²) in [6, 6.07) is 11.2. The van der Waals surface area contributed by atoms with Crippen molar-refractivity contribution in [3.05, 3.63) is 59.4 Å². The van der Waals surface area contributed by atoms with E-state index in [1.165, 1.54) is 0 Å². The first-order chi connectivity index (χ1) is 11.6. The predicted octanol–water partition coefficient (Wildman–Crippen LogP) is 4.30. The van der Waals surface area contributed by atoms with Crippen molar-refractivity contribution in [2.75, 3.05) is 6.61 Å². The number of carbonyl (C=O) groups excluding carboxylic acids is 1. The SMILES string of the molecule is C#Cc1cccc(OCCc2ccc(C(=O)CCC(C)C)nc2)c1. The standard InChI is InChI=1S/C21H23NO2/c1-4-17-6-5-7-19(14-17)24-13-12-18-9-10-20(22-15-18)21(23)11-8-16(2)3/h1,5-7,9-10,14-16H,8,11-13H2,2-3H3. The number of rotatable bonds is 8. The summed E-state index contributed by atoms with van der Waals surface area (Å²) < 4.78 is 5.70. The minimum absolute atomic E-state index is 0.109. The summed E-state index contributed by atoms with van der Waals surface area (Å²) in [5, 5.41) is 0. The van der Waals surface area contributed by atoms with Crippen LogP contribution < -0.4 is 4.74 Å². The topological polar surface area (TPSA) is 39.2 Å². The van der Waals surface area contributed by atoms with Crippen molar-refractivity contribution in [3.63, 3.8) is 0 Å². The van der Waals surface area contributed by atoms with Crippen molar-refractivity contribution in [2.45, 2.75) is 33.1 Å². The molecule has 0 radical (unpaired) electrons. The van der Waals surface area contributed by atoms with E-state index in [9.17, 15) is 4.79 Å². The third-order valence-corrected chi connectivity index (χ3v) is 3.72. The lowest BCUT2D eigenvalue weighted by atomic mass is 10.0. The highest BCUT2D eigenvalue weighted by atomic mass is 16.5. The van der Waals surface area contributed by atoms with Crippen LogP contribution >= 0.6 is 0 Å². The van der Waals surface area contributed by atoms with E-state index in [1.54, 1.807) is 12.3 Å². The van der Waals surface area contributed by atoms with Crippen molar-refractivity contribution in [2.24, 2.45) is 5.92 Å². The summed E-state index contributed by atoms with van der Waals surface area (Å²) in [4.78, 5) is 16.3. The zero-order chi connectivity index (χ0) is 17.4. The highest BCUT2D eigenvalue weighted by Crippen LogP contribution is 2.13. The van der Waals surface area contributed by atoms with E-state index in [2.05, 4.69) is 24.8 Å². The number of ether oxygens (including phenoxy) is 1. The molecule has 0 N–H and O–H groups in total. The lowest BCUT2D eigenvalue weighted by molar-refractivity contribution is 0.0970. The zero-order valence-electron chi connectivity index (χ0n) is 14.3. The Morgan fingerprint density at radius 1 is 1.29 bits per heavy atom. The molecule has 0 unspecified atom stereocenters. The summed E-state index contributed by atoms with van der Waals surface area (Å²) in [6.07, 6.45) is 9.31. The van der Waals surface area contributed by atoms with Gasteiger partial charge in [0.25, 0.3) is 0 Å². The van der Waals surface area contributed by atoms with E-state index in [1.807, 2.05) is 30.3 Å². The molecule has 2 rings (SSSR count). The monoisotopic (exact) mass is 321 g/mol. The Morgan fingerprint density at radius 3 is 2.79 bits per heavy atom. The van der Waals surface area contributed by atoms with Gasteiger partial charge in [-0.05, 0) is 42.2 Å². The van der Waals surface area contributed by atoms with Gasteiger partial charge >= 0.3 is 0 Å². The Morgan fingerprint density at radius 2 is 2.12 bits per heavy atom. The van der Waals surface area contributed by atoms with E-state index in [-0.39, 0.29) is 5.78 Å². The number of terminal acetylenes is 1. The molecule has 124 valence electrons. The maximum Gasteiger partial charge on any atom is 0.181 e. The van der Waals surface area contributed by atoms with Crippen LogP contribution in [0.1, 0.15) is 48.3 Å².